The maximum absolute atomic E-state index is 12.6. The van der Waals surface area contributed by atoms with E-state index >= 15 is 0 Å². The second-order valence-corrected chi connectivity index (χ2v) is 3.81. The topological polar surface area (TPSA) is 55.5 Å². The predicted octanol–water partition coefficient (Wildman–Crippen LogP) is 3.44. The minimum absolute atomic E-state index is 0.0992. The van der Waals surface area contributed by atoms with Crippen LogP contribution in [0.25, 0.3) is 5.57 Å². The zero-order valence-corrected chi connectivity index (χ0v) is 9.54. The van der Waals surface area contributed by atoms with Crippen LogP contribution in [-0.2, 0) is 6.67 Å². The van der Waals surface area contributed by atoms with Crippen LogP contribution in [-0.4, -0.2) is 11.1 Å². The summed E-state index contributed by atoms with van der Waals surface area (Å²) < 4.78 is 12.6. The summed E-state index contributed by atoms with van der Waals surface area (Å²) in [5.41, 5.74) is 1.56. The van der Waals surface area contributed by atoms with Crippen LogP contribution >= 0.6 is 0 Å². The lowest BCUT2D eigenvalue weighted by Gasteiger charge is -2.05. The molecule has 0 atom stereocenters. The number of rotatable bonds is 3. The van der Waals surface area contributed by atoms with Gasteiger partial charge in [-0.05, 0) is 29.7 Å². The minimum atomic E-state index is -0.836. The quantitative estimate of drug-likeness (QED) is 0.606. The fourth-order valence-corrected chi connectivity index (χ4v) is 1.75. The highest BCUT2D eigenvalue weighted by molar-refractivity contribution is 5.86. The summed E-state index contributed by atoms with van der Waals surface area (Å²) in [5.74, 6) is 0. The number of allylic oxidation sites excluding steroid dienone is 3. The fourth-order valence-electron chi connectivity index (χ4n) is 1.75. The van der Waals surface area contributed by atoms with Gasteiger partial charge in [-0.1, -0.05) is 12.1 Å². The molecular formula is C13H11FN2O2. The fraction of sp³-hybridized carbons (Fsp3) is 0.154. The van der Waals surface area contributed by atoms with Crippen molar-refractivity contribution in [2.75, 3.05) is 0 Å². The molecule has 0 spiro atoms. The molecular weight excluding hydrogens is 235 g/mol. The molecule has 1 aliphatic rings. The standard InChI is InChI=1S/C13H11FN2O2/c14-9-12-4-3-11(8-13(12)16(17)18)10-2-1-6-15-7-5-10/h1,3-8H,2,9H2. The van der Waals surface area contributed by atoms with E-state index in [1.54, 1.807) is 24.6 Å². The second-order valence-electron chi connectivity index (χ2n) is 3.81. The third-order valence-electron chi connectivity index (χ3n) is 2.69. The van der Waals surface area contributed by atoms with Crippen molar-refractivity contribution in [2.24, 2.45) is 4.99 Å². The molecule has 92 valence electrons. The molecule has 1 aromatic carbocycles. The molecule has 5 heteroatoms. The number of hydrogen-bond acceptors (Lipinski definition) is 3. The summed E-state index contributed by atoms with van der Waals surface area (Å²) in [5, 5.41) is 10.9. The number of nitro benzene ring substituents is 1. The highest BCUT2D eigenvalue weighted by Crippen LogP contribution is 2.27. The Morgan fingerprint density at radius 3 is 3.00 bits per heavy atom. The van der Waals surface area contributed by atoms with Gasteiger partial charge in [-0.15, -0.1) is 0 Å². The first kappa shape index (κ1) is 12.2. The van der Waals surface area contributed by atoms with Gasteiger partial charge in [-0.25, -0.2) is 4.39 Å². The Kier molecular flexibility index (Phi) is 3.62. The van der Waals surface area contributed by atoms with E-state index in [0.29, 0.717) is 6.42 Å². The number of nitro groups is 1. The Hall–Kier alpha value is -2.30. The first-order valence-electron chi connectivity index (χ1n) is 5.43. The van der Waals surface area contributed by atoms with E-state index in [1.807, 2.05) is 6.08 Å². The molecule has 1 aliphatic heterocycles. The number of alkyl halides is 1. The molecule has 0 radical (unpaired) electrons. The van der Waals surface area contributed by atoms with Gasteiger partial charge >= 0.3 is 0 Å². The number of halogens is 1. The normalized spacial score (nSPS) is 14.2. The lowest BCUT2D eigenvalue weighted by Crippen LogP contribution is -1.96. The van der Waals surface area contributed by atoms with Gasteiger partial charge in [0.05, 0.1) is 10.5 Å². The minimum Gasteiger partial charge on any atom is -0.265 e. The van der Waals surface area contributed by atoms with Gasteiger partial charge in [-0.3, -0.25) is 15.1 Å². The van der Waals surface area contributed by atoms with Crippen molar-refractivity contribution < 1.29 is 9.31 Å². The van der Waals surface area contributed by atoms with E-state index in [2.05, 4.69) is 4.99 Å². The van der Waals surface area contributed by atoms with E-state index in [1.165, 1.54) is 12.1 Å². The first-order chi connectivity index (χ1) is 8.72. The Bertz CT molecular complexity index is 562. The van der Waals surface area contributed by atoms with Crippen LogP contribution in [0.5, 0.6) is 0 Å². The van der Waals surface area contributed by atoms with E-state index < -0.39 is 11.6 Å². The van der Waals surface area contributed by atoms with Crippen LogP contribution in [0.3, 0.4) is 0 Å². The molecule has 0 aliphatic carbocycles. The summed E-state index contributed by atoms with van der Waals surface area (Å²) in [7, 11) is 0. The van der Waals surface area contributed by atoms with Crippen LogP contribution in [0.15, 0.2) is 41.5 Å². The molecule has 0 N–H and O–H groups in total. The van der Waals surface area contributed by atoms with Gasteiger partial charge < -0.3 is 0 Å². The lowest BCUT2D eigenvalue weighted by molar-refractivity contribution is -0.385. The van der Waals surface area contributed by atoms with Gasteiger partial charge in [0.15, 0.2) is 0 Å². The third-order valence-corrected chi connectivity index (χ3v) is 2.69. The van der Waals surface area contributed by atoms with Gasteiger partial charge in [0, 0.05) is 18.5 Å². The largest absolute Gasteiger partial charge is 0.275 e. The van der Waals surface area contributed by atoms with Crippen LogP contribution in [0.4, 0.5) is 10.1 Å². The van der Waals surface area contributed by atoms with Gasteiger partial charge in [-0.2, -0.15) is 0 Å². The second kappa shape index (κ2) is 5.35. The van der Waals surface area contributed by atoms with E-state index in [9.17, 15) is 14.5 Å². The van der Waals surface area contributed by atoms with Crippen molar-refractivity contribution in [1.29, 1.82) is 0 Å². The average molecular weight is 246 g/mol. The van der Waals surface area contributed by atoms with Crippen LogP contribution in [0, 0.1) is 10.1 Å². The molecule has 0 saturated carbocycles. The number of hydrogen-bond donors (Lipinski definition) is 0. The summed E-state index contributed by atoms with van der Waals surface area (Å²) in [6, 6.07) is 4.56. The zero-order valence-electron chi connectivity index (χ0n) is 9.54. The van der Waals surface area contributed by atoms with E-state index in [0.717, 1.165) is 11.1 Å². The maximum Gasteiger partial charge on any atom is 0.275 e. The van der Waals surface area contributed by atoms with Crippen LogP contribution < -0.4 is 0 Å². The van der Waals surface area contributed by atoms with E-state index in [4.69, 9.17) is 0 Å². The Balaban J connectivity index is 2.43. The van der Waals surface area contributed by atoms with Crippen molar-refractivity contribution in [3.05, 3.63) is 57.8 Å². The van der Waals surface area contributed by atoms with E-state index in [-0.39, 0.29) is 11.3 Å². The number of aliphatic imine (C=N–C) groups is 1. The predicted molar refractivity (Wildman–Crippen MR) is 68.1 cm³/mol. The molecule has 0 fully saturated rings. The third kappa shape index (κ3) is 2.51. The van der Waals surface area contributed by atoms with Crippen molar-refractivity contribution in [1.82, 2.24) is 0 Å². The Labute approximate surface area is 103 Å². The summed E-state index contributed by atoms with van der Waals surface area (Å²) >= 11 is 0. The molecule has 0 amide bonds. The molecule has 0 bridgehead atoms. The molecule has 18 heavy (non-hydrogen) atoms. The van der Waals surface area contributed by atoms with Crippen molar-refractivity contribution >= 4 is 17.5 Å². The SMILES string of the molecule is O=[N+]([O-])c1cc(C2=CC=NC=CC2)ccc1CF. The lowest BCUT2D eigenvalue weighted by atomic mass is 10.00. The van der Waals surface area contributed by atoms with Crippen LogP contribution in [0.2, 0.25) is 0 Å². The molecule has 0 unspecified atom stereocenters. The number of nitrogens with zero attached hydrogens (tertiary/aromatic N) is 2. The molecule has 4 nitrogen and oxygen atoms in total. The van der Waals surface area contributed by atoms with Crippen LogP contribution in [0.1, 0.15) is 17.5 Å². The summed E-state index contributed by atoms with van der Waals surface area (Å²) in [4.78, 5) is 14.3. The molecule has 2 rings (SSSR count). The molecule has 0 saturated heterocycles. The van der Waals surface area contributed by atoms with Crippen molar-refractivity contribution in [3.63, 3.8) is 0 Å². The molecule has 0 aromatic heterocycles. The molecule has 1 heterocycles. The monoisotopic (exact) mass is 246 g/mol. The number of benzene rings is 1. The van der Waals surface area contributed by atoms with Crippen molar-refractivity contribution in [2.45, 2.75) is 13.1 Å². The van der Waals surface area contributed by atoms with Gasteiger partial charge in [0.2, 0.25) is 0 Å². The maximum atomic E-state index is 12.6. The van der Waals surface area contributed by atoms with Gasteiger partial charge in [0.1, 0.15) is 6.67 Å². The Morgan fingerprint density at radius 1 is 1.44 bits per heavy atom. The average Bonchev–Trinajstić information content (AvgIpc) is 2.66. The highest BCUT2D eigenvalue weighted by Gasteiger charge is 2.15. The van der Waals surface area contributed by atoms with Gasteiger partial charge in [0.25, 0.3) is 5.69 Å². The molecule has 1 aromatic rings. The Morgan fingerprint density at radius 2 is 2.28 bits per heavy atom. The zero-order chi connectivity index (χ0) is 13.0. The highest BCUT2D eigenvalue weighted by atomic mass is 19.1. The van der Waals surface area contributed by atoms with Crippen molar-refractivity contribution in [3.8, 4) is 0 Å². The smallest absolute Gasteiger partial charge is 0.265 e. The first-order valence-corrected chi connectivity index (χ1v) is 5.43. The summed E-state index contributed by atoms with van der Waals surface area (Å²) in [6.45, 7) is -0.836. The summed E-state index contributed by atoms with van der Waals surface area (Å²) in [6.07, 6.45) is 7.62.